The highest BCUT2D eigenvalue weighted by molar-refractivity contribution is 7.13. The number of nitrogens with zero attached hydrogens (tertiary/aromatic N) is 2. The summed E-state index contributed by atoms with van der Waals surface area (Å²) < 4.78 is 5.75. The van der Waals surface area contributed by atoms with Crippen molar-refractivity contribution in [2.45, 2.75) is 33.2 Å². The Morgan fingerprint density at radius 2 is 2.16 bits per heavy atom. The van der Waals surface area contributed by atoms with E-state index in [1.165, 1.54) is 16.9 Å². The van der Waals surface area contributed by atoms with Gasteiger partial charge in [0.05, 0.1) is 0 Å². The van der Waals surface area contributed by atoms with Crippen molar-refractivity contribution in [1.82, 2.24) is 15.5 Å². The molecule has 0 amide bonds. The Morgan fingerprint density at radius 1 is 1.32 bits per heavy atom. The van der Waals surface area contributed by atoms with E-state index in [-0.39, 0.29) is 0 Å². The van der Waals surface area contributed by atoms with Crippen LogP contribution in [0.4, 0.5) is 0 Å². The molecule has 5 heteroatoms. The summed E-state index contributed by atoms with van der Waals surface area (Å²) in [5.41, 5.74) is 1.26. The second kappa shape index (κ2) is 6.63. The predicted octanol–water partition coefficient (Wildman–Crippen LogP) is 3.56. The van der Waals surface area contributed by atoms with Gasteiger partial charge in [-0.05, 0) is 30.2 Å². The Balaban J connectivity index is 2.04. The maximum absolute atomic E-state index is 5.75. The lowest BCUT2D eigenvalue weighted by atomic mass is 10.0. The molecule has 0 bridgehead atoms. The zero-order chi connectivity index (χ0) is 13.7. The van der Waals surface area contributed by atoms with Crippen molar-refractivity contribution < 1.29 is 4.74 Å². The molecule has 2 aromatic rings. The Bertz CT molecular complexity index is 525. The van der Waals surface area contributed by atoms with Gasteiger partial charge < -0.3 is 10.1 Å². The molecule has 0 saturated heterocycles. The summed E-state index contributed by atoms with van der Waals surface area (Å²) in [4.78, 5) is 0. The number of aromatic nitrogens is 2. The van der Waals surface area contributed by atoms with Crippen LogP contribution in [0, 0.1) is 0 Å². The fourth-order valence-electron chi connectivity index (χ4n) is 1.62. The summed E-state index contributed by atoms with van der Waals surface area (Å²) >= 11 is 1.47. The molecular formula is C14H19N3OS. The summed E-state index contributed by atoms with van der Waals surface area (Å²) in [5, 5.41) is 12.9. The van der Waals surface area contributed by atoms with E-state index in [9.17, 15) is 0 Å². The first-order valence-corrected chi connectivity index (χ1v) is 7.31. The molecule has 0 aliphatic rings. The van der Waals surface area contributed by atoms with E-state index in [0.29, 0.717) is 11.1 Å². The minimum absolute atomic E-state index is 0.488. The number of nitrogens with one attached hydrogen (secondary N) is 1. The smallest absolute Gasteiger partial charge is 0.299 e. The van der Waals surface area contributed by atoms with Crippen LogP contribution in [0.3, 0.4) is 0 Å². The Morgan fingerprint density at radius 3 is 2.89 bits per heavy atom. The van der Waals surface area contributed by atoms with Crippen LogP contribution < -0.4 is 10.1 Å². The summed E-state index contributed by atoms with van der Waals surface area (Å²) in [7, 11) is 0. The Hall–Kier alpha value is -1.46. The van der Waals surface area contributed by atoms with Crippen molar-refractivity contribution in [1.29, 1.82) is 0 Å². The number of hydrogen-bond donors (Lipinski definition) is 1. The molecule has 0 unspecified atom stereocenters. The summed E-state index contributed by atoms with van der Waals surface area (Å²) in [6, 6.07) is 8.10. The van der Waals surface area contributed by atoms with Gasteiger partial charge in [-0.15, -0.1) is 5.10 Å². The molecule has 0 spiro atoms. The number of hydrogen-bond acceptors (Lipinski definition) is 5. The van der Waals surface area contributed by atoms with E-state index in [4.69, 9.17) is 4.74 Å². The largest absolute Gasteiger partial charge is 0.430 e. The summed E-state index contributed by atoms with van der Waals surface area (Å²) in [5.74, 6) is 1.31. The molecular weight excluding hydrogens is 258 g/mol. The lowest BCUT2D eigenvalue weighted by Gasteiger charge is -2.07. The predicted molar refractivity (Wildman–Crippen MR) is 77.9 cm³/mol. The lowest BCUT2D eigenvalue weighted by molar-refractivity contribution is 0.472. The van der Waals surface area contributed by atoms with Gasteiger partial charge in [-0.25, -0.2) is 0 Å². The zero-order valence-electron chi connectivity index (χ0n) is 11.5. The highest BCUT2D eigenvalue weighted by atomic mass is 32.1. The van der Waals surface area contributed by atoms with Gasteiger partial charge >= 0.3 is 0 Å². The van der Waals surface area contributed by atoms with Gasteiger partial charge in [0.15, 0.2) is 0 Å². The second-order valence-corrected chi connectivity index (χ2v) is 5.60. The first-order chi connectivity index (χ1) is 9.19. The van der Waals surface area contributed by atoms with Gasteiger partial charge in [0.25, 0.3) is 5.19 Å². The first-order valence-electron chi connectivity index (χ1n) is 6.50. The zero-order valence-corrected chi connectivity index (χ0v) is 12.3. The van der Waals surface area contributed by atoms with Gasteiger partial charge in [-0.2, -0.15) is 0 Å². The summed E-state index contributed by atoms with van der Waals surface area (Å²) in [6.45, 7) is 8.06. The molecule has 2 rings (SSSR count). The van der Waals surface area contributed by atoms with E-state index >= 15 is 0 Å². The third kappa shape index (κ3) is 4.01. The first kappa shape index (κ1) is 14.0. The molecule has 1 aromatic heterocycles. The van der Waals surface area contributed by atoms with E-state index in [0.717, 1.165) is 23.8 Å². The van der Waals surface area contributed by atoms with E-state index < -0.39 is 0 Å². The molecule has 0 radical (unpaired) electrons. The van der Waals surface area contributed by atoms with E-state index in [1.807, 2.05) is 12.1 Å². The molecule has 1 aromatic carbocycles. The Labute approximate surface area is 117 Å². The van der Waals surface area contributed by atoms with Gasteiger partial charge in [0.2, 0.25) is 0 Å². The minimum Gasteiger partial charge on any atom is -0.430 e. The Kier molecular flexibility index (Phi) is 4.87. The topological polar surface area (TPSA) is 47.0 Å². The SMILES string of the molecule is CCNCc1nnc(Oc2cccc(C(C)C)c2)s1. The maximum Gasteiger partial charge on any atom is 0.299 e. The number of ether oxygens (including phenoxy) is 1. The van der Waals surface area contributed by atoms with Crippen molar-refractivity contribution >= 4 is 11.3 Å². The van der Waals surface area contributed by atoms with Crippen LogP contribution >= 0.6 is 11.3 Å². The number of rotatable bonds is 6. The molecule has 19 heavy (non-hydrogen) atoms. The van der Waals surface area contributed by atoms with Crippen molar-refractivity contribution in [2.75, 3.05) is 6.54 Å². The third-order valence-electron chi connectivity index (χ3n) is 2.70. The molecule has 1 N–H and O–H groups in total. The van der Waals surface area contributed by atoms with Crippen LogP contribution in [0.5, 0.6) is 10.9 Å². The van der Waals surface area contributed by atoms with Crippen LogP contribution in [0.25, 0.3) is 0 Å². The average molecular weight is 277 g/mol. The van der Waals surface area contributed by atoms with Crippen LogP contribution in [-0.4, -0.2) is 16.7 Å². The van der Waals surface area contributed by atoms with Crippen LogP contribution in [0.1, 0.15) is 37.3 Å². The highest BCUT2D eigenvalue weighted by Gasteiger charge is 2.07. The van der Waals surface area contributed by atoms with Crippen LogP contribution in [-0.2, 0) is 6.54 Å². The average Bonchev–Trinajstić information content (AvgIpc) is 2.84. The van der Waals surface area contributed by atoms with Crippen molar-refractivity contribution in [2.24, 2.45) is 0 Å². The fraction of sp³-hybridized carbons (Fsp3) is 0.429. The highest BCUT2D eigenvalue weighted by Crippen LogP contribution is 2.27. The minimum atomic E-state index is 0.488. The van der Waals surface area contributed by atoms with E-state index in [1.54, 1.807) is 0 Å². The van der Waals surface area contributed by atoms with Gasteiger partial charge in [0, 0.05) is 6.54 Å². The molecule has 1 heterocycles. The molecule has 0 aliphatic heterocycles. The van der Waals surface area contributed by atoms with Crippen molar-refractivity contribution in [3.8, 4) is 10.9 Å². The van der Waals surface area contributed by atoms with Crippen molar-refractivity contribution in [3.05, 3.63) is 34.8 Å². The van der Waals surface area contributed by atoms with E-state index in [2.05, 4.69) is 48.4 Å². The van der Waals surface area contributed by atoms with Crippen LogP contribution in [0.15, 0.2) is 24.3 Å². The molecule has 0 saturated carbocycles. The second-order valence-electron chi connectivity index (χ2n) is 4.57. The standard InChI is InChI=1S/C14H19N3OS/c1-4-15-9-13-16-17-14(19-13)18-12-7-5-6-11(8-12)10(2)3/h5-8,10,15H,4,9H2,1-3H3. The normalized spacial score (nSPS) is 10.9. The molecule has 0 fully saturated rings. The van der Waals surface area contributed by atoms with Gasteiger partial charge in [0.1, 0.15) is 10.8 Å². The summed E-state index contributed by atoms with van der Waals surface area (Å²) in [6.07, 6.45) is 0. The molecule has 4 nitrogen and oxygen atoms in total. The van der Waals surface area contributed by atoms with Gasteiger partial charge in [-0.3, -0.25) is 0 Å². The molecule has 0 atom stereocenters. The molecule has 102 valence electrons. The lowest BCUT2D eigenvalue weighted by Crippen LogP contribution is -2.11. The quantitative estimate of drug-likeness (QED) is 0.877. The monoisotopic (exact) mass is 277 g/mol. The maximum atomic E-state index is 5.75. The number of benzene rings is 1. The van der Waals surface area contributed by atoms with Crippen molar-refractivity contribution in [3.63, 3.8) is 0 Å². The third-order valence-corrected chi connectivity index (χ3v) is 3.51. The van der Waals surface area contributed by atoms with Crippen LogP contribution in [0.2, 0.25) is 0 Å². The molecule has 0 aliphatic carbocycles. The fourth-order valence-corrected chi connectivity index (χ4v) is 2.30. The van der Waals surface area contributed by atoms with Gasteiger partial charge in [-0.1, -0.05) is 49.3 Å².